The Labute approximate surface area is 164 Å². The van der Waals surface area contributed by atoms with Gasteiger partial charge < -0.3 is 15.4 Å². The van der Waals surface area contributed by atoms with Crippen molar-refractivity contribution in [3.05, 3.63) is 65.2 Å². The minimum absolute atomic E-state index is 0.0459. The molecule has 3 rings (SSSR count). The molecule has 1 unspecified atom stereocenters. The molecular weight excluding hydrogens is 356 g/mol. The van der Waals surface area contributed by atoms with Gasteiger partial charge in [-0.05, 0) is 48.1 Å². The van der Waals surface area contributed by atoms with Crippen LogP contribution in [0, 0.1) is 0 Å². The van der Waals surface area contributed by atoms with Crippen molar-refractivity contribution in [3.8, 4) is 0 Å². The molecule has 0 heterocycles. The fraction of sp³-hybridized carbons (Fsp3) is 0.318. The number of hydrogen-bond donors (Lipinski definition) is 2. The first-order chi connectivity index (χ1) is 13.5. The zero-order valence-corrected chi connectivity index (χ0v) is 15.9. The third-order valence-corrected chi connectivity index (χ3v) is 4.70. The van der Waals surface area contributed by atoms with E-state index in [-0.39, 0.29) is 24.8 Å². The highest BCUT2D eigenvalue weighted by atomic mass is 16.5. The molecule has 0 bridgehead atoms. The largest absolute Gasteiger partial charge is 0.455 e. The molecule has 0 saturated carbocycles. The summed E-state index contributed by atoms with van der Waals surface area (Å²) in [5.74, 6) is -1.18. The molecule has 6 nitrogen and oxygen atoms in total. The van der Waals surface area contributed by atoms with E-state index in [2.05, 4.69) is 10.6 Å². The summed E-state index contributed by atoms with van der Waals surface area (Å²) in [5.41, 5.74) is 4.10. The summed E-state index contributed by atoms with van der Waals surface area (Å²) in [6.45, 7) is 1.03. The van der Waals surface area contributed by atoms with Crippen molar-refractivity contribution < 1.29 is 19.1 Å². The lowest BCUT2D eigenvalue weighted by Gasteiger charge is -2.17. The second-order valence-corrected chi connectivity index (χ2v) is 6.91. The molecular formula is C22H24N2O4. The first kappa shape index (κ1) is 19.6. The number of rotatable bonds is 7. The number of aryl methyl sites for hydroxylation is 2. The van der Waals surface area contributed by atoms with Gasteiger partial charge in [0.15, 0.2) is 6.61 Å². The number of carbonyl (C=O) groups is 3. The Morgan fingerprint density at radius 3 is 2.54 bits per heavy atom. The minimum Gasteiger partial charge on any atom is -0.455 e. The van der Waals surface area contributed by atoms with Crippen molar-refractivity contribution in [1.82, 2.24) is 5.32 Å². The number of amides is 2. The topological polar surface area (TPSA) is 84.5 Å². The van der Waals surface area contributed by atoms with Crippen LogP contribution in [-0.4, -0.2) is 24.4 Å². The molecule has 0 radical (unpaired) electrons. The first-order valence-corrected chi connectivity index (χ1v) is 9.40. The second-order valence-electron chi connectivity index (χ2n) is 6.91. The van der Waals surface area contributed by atoms with Gasteiger partial charge in [-0.1, -0.05) is 36.4 Å². The van der Waals surface area contributed by atoms with Crippen LogP contribution in [0.5, 0.6) is 0 Å². The van der Waals surface area contributed by atoms with Crippen molar-refractivity contribution in [3.63, 3.8) is 0 Å². The zero-order valence-electron chi connectivity index (χ0n) is 15.9. The summed E-state index contributed by atoms with van der Waals surface area (Å²) in [4.78, 5) is 35.7. The number of hydrogen-bond acceptors (Lipinski definition) is 4. The summed E-state index contributed by atoms with van der Waals surface area (Å²) in [7, 11) is 0. The Morgan fingerprint density at radius 2 is 1.79 bits per heavy atom. The molecule has 0 saturated heterocycles. The van der Waals surface area contributed by atoms with Crippen LogP contribution in [0.4, 0.5) is 5.69 Å². The molecule has 2 aromatic rings. The van der Waals surface area contributed by atoms with E-state index in [1.54, 1.807) is 0 Å². The van der Waals surface area contributed by atoms with Crippen LogP contribution in [0.3, 0.4) is 0 Å². The van der Waals surface area contributed by atoms with Crippen LogP contribution in [0.1, 0.15) is 42.5 Å². The van der Waals surface area contributed by atoms with E-state index in [0.717, 1.165) is 24.8 Å². The zero-order chi connectivity index (χ0) is 19.9. The molecule has 1 aliphatic rings. The quantitative estimate of drug-likeness (QED) is 0.724. The van der Waals surface area contributed by atoms with Crippen LogP contribution in [0.25, 0.3) is 0 Å². The van der Waals surface area contributed by atoms with Crippen LogP contribution in [0.15, 0.2) is 48.5 Å². The normalized spacial score (nSPS) is 13.3. The van der Waals surface area contributed by atoms with Crippen molar-refractivity contribution >= 4 is 23.5 Å². The average Bonchev–Trinajstić information content (AvgIpc) is 3.14. The number of fused-ring (bicyclic) bond motifs is 1. The van der Waals surface area contributed by atoms with Gasteiger partial charge in [0.25, 0.3) is 5.91 Å². The van der Waals surface area contributed by atoms with Crippen LogP contribution < -0.4 is 10.6 Å². The minimum atomic E-state index is -0.549. The molecule has 1 aliphatic carbocycles. The maximum atomic E-state index is 12.2. The van der Waals surface area contributed by atoms with E-state index in [1.165, 1.54) is 18.1 Å². The number of benzene rings is 2. The highest BCUT2D eigenvalue weighted by Crippen LogP contribution is 2.24. The summed E-state index contributed by atoms with van der Waals surface area (Å²) in [5, 5.41) is 5.50. The molecule has 146 valence electrons. The maximum absolute atomic E-state index is 12.2. The van der Waals surface area contributed by atoms with E-state index in [1.807, 2.05) is 48.5 Å². The lowest BCUT2D eigenvalue weighted by Crippen LogP contribution is -2.29. The molecule has 2 amide bonds. The Kier molecular flexibility index (Phi) is 6.42. The molecule has 0 aliphatic heterocycles. The molecule has 1 atom stereocenters. The monoisotopic (exact) mass is 380 g/mol. The molecule has 2 aromatic carbocycles. The molecule has 0 fully saturated rings. The van der Waals surface area contributed by atoms with E-state index in [0.29, 0.717) is 5.69 Å². The van der Waals surface area contributed by atoms with Crippen LogP contribution in [-0.2, 0) is 32.0 Å². The number of carbonyl (C=O) groups excluding carboxylic acids is 3. The van der Waals surface area contributed by atoms with Crippen molar-refractivity contribution in [2.24, 2.45) is 0 Å². The molecule has 0 spiro atoms. The standard InChI is InChI=1S/C22H24N2O4/c1-15(25)23-20(17-6-3-2-4-7-17)13-22(27)28-14-21(26)24-19-11-10-16-8-5-9-18(16)12-19/h2-4,6-7,10-12,20H,5,8-9,13-14H2,1H3,(H,23,25)(H,24,26). The summed E-state index contributed by atoms with van der Waals surface area (Å²) < 4.78 is 5.10. The lowest BCUT2D eigenvalue weighted by atomic mass is 10.0. The predicted molar refractivity (Wildman–Crippen MR) is 106 cm³/mol. The van der Waals surface area contributed by atoms with Gasteiger partial charge in [-0.25, -0.2) is 0 Å². The smallest absolute Gasteiger partial charge is 0.308 e. The van der Waals surface area contributed by atoms with E-state index in [9.17, 15) is 14.4 Å². The Hall–Kier alpha value is -3.15. The molecule has 0 aromatic heterocycles. The maximum Gasteiger partial charge on any atom is 0.308 e. The molecule has 28 heavy (non-hydrogen) atoms. The summed E-state index contributed by atoms with van der Waals surface area (Å²) in [6.07, 6.45) is 3.20. The number of esters is 1. The van der Waals surface area contributed by atoms with Gasteiger partial charge in [-0.2, -0.15) is 0 Å². The SMILES string of the molecule is CC(=O)NC(CC(=O)OCC(=O)Nc1ccc2c(c1)CCC2)c1ccccc1. The molecule has 6 heteroatoms. The Balaban J connectivity index is 1.51. The van der Waals surface area contributed by atoms with E-state index < -0.39 is 12.0 Å². The van der Waals surface area contributed by atoms with Gasteiger partial charge in [0.05, 0.1) is 12.5 Å². The lowest BCUT2D eigenvalue weighted by molar-refractivity contribution is -0.148. The summed E-state index contributed by atoms with van der Waals surface area (Å²) >= 11 is 0. The van der Waals surface area contributed by atoms with Gasteiger partial charge in [-0.3, -0.25) is 14.4 Å². The van der Waals surface area contributed by atoms with Gasteiger partial charge in [-0.15, -0.1) is 0 Å². The van der Waals surface area contributed by atoms with Crippen molar-refractivity contribution in [1.29, 1.82) is 0 Å². The predicted octanol–water partition coefficient (Wildman–Crippen LogP) is 2.92. The first-order valence-electron chi connectivity index (χ1n) is 9.40. The third kappa shape index (κ3) is 5.42. The highest BCUT2D eigenvalue weighted by molar-refractivity contribution is 5.93. The van der Waals surface area contributed by atoms with Gasteiger partial charge in [0.1, 0.15) is 0 Å². The van der Waals surface area contributed by atoms with Gasteiger partial charge in [0, 0.05) is 12.6 Å². The molecule has 2 N–H and O–H groups in total. The van der Waals surface area contributed by atoms with Gasteiger partial charge >= 0.3 is 5.97 Å². The fourth-order valence-corrected chi connectivity index (χ4v) is 3.40. The average molecular weight is 380 g/mol. The Morgan fingerprint density at radius 1 is 1.04 bits per heavy atom. The van der Waals surface area contributed by atoms with Crippen LogP contribution >= 0.6 is 0 Å². The van der Waals surface area contributed by atoms with Crippen molar-refractivity contribution in [2.75, 3.05) is 11.9 Å². The number of nitrogens with one attached hydrogen (secondary N) is 2. The van der Waals surface area contributed by atoms with Gasteiger partial charge in [0.2, 0.25) is 5.91 Å². The number of ether oxygens (including phenoxy) is 1. The number of anilines is 1. The second kappa shape index (κ2) is 9.17. The van der Waals surface area contributed by atoms with Crippen LogP contribution in [0.2, 0.25) is 0 Å². The van der Waals surface area contributed by atoms with Crippen molar-refractivity contribution in [2.45, 2.75) is 38.6 Å². The third-order valence-electron chi connectivity index (χ3n) is 4.70. The van der Waals surface area contributed by atoms with E-state index >= 15 is 0 Å². The van der Waals surface area contributed by atoms with E-state index in [4.69, 9.17) is 4.74 Å². The summed E-state index contributed by atoms with van der Waals surface area (Å²) in [6, 6.07) is 14.6. The Bertz CT molecular complexity index is 864. The fourth-order valence-electron chi connectivity index (χ4n) is 3.40. The highest BCUT2D eigenvalue weighted by Gasteiger charge is 2.19.